The van der Waals surface area contributed by atoms with Crippen LogP contribution in [-0.4, -0.2) is 16.3 Å². The maximum Gasteiger partial charge on any atom is 0.150 e. The predicted octanol–water partition coefficient (Wildman–Crippen LogP) is 5.10. The Hall–Kier alpha value is -1.72. The molecule has 0 unspecified atom stereocenters. The van der Waals surface area contributed by atoms with Crippen molar-refractivity contribution in [3.05, 3.63) is 75.4 Å². The van der Waals surface area contributed by atoms with Gasteiger partial charge in [-0.3, -0.25) is 4.79 Å². The molecule has 5 heteroatoms. The molecule has 0 aliphatic heterocycles. The molecule has 1 N–H and O–H groups in total. The maximum absolute atomic E-state index is 10.1. The normalized spacial score (nSPS) is 9.62. The first kappa shape index (κ1) is 15.7. The summed E-state index contributed by atoms with van der Waals surface area (Å²) in [5.41, 5.74) is 1.81. The molecule has 106 valence electrons. The third kappa shape index (κ3) is 4.95. The van der Waals surface area contributed by atoms with Gasteiger partial charge in [0.05, 0.1) is 0 Å². The van der Waals surface area contributed by atoms with Gasteiger partial charge in [-0.05, 0) is 24.3 Å². The van der Waals surface area contributed by atoms with Gasteiger partial charge in [-0.2, -0.15) is 0 Å². The van der Waals surface area contributed by atoms with E-state index in [4.69, 9.17) is 0 Å². The van der Waals surface area contributed by atoms with E-state index in [9.17, 15) is 4.79 Å². The highest BCUT2D eigenvalue weighted by Crippen LogP contribution is 2.17. The van der Waals surface area contributed by atoms with Crippen LogP contribution >= 0.6 is 31.9 Å². The van der Waals surface area contributed by atoms with Crippen LogP contribution in [0.25, 0.3) is 11.4 Å². The van der Waals surface area contributed by atoms with E-state index >= 15 is 0 Å². The van der Waals surface area contributed by atoms with Crippen LogP contribution in [0.4, 0.5) is 0 Å². The predicted molar refractivity (Wildman–Crippen MR) is 91.3 cm³/mol. The van der Waals surface area contributed by atoms with E-state index in [0.717, 1.165) is 26.6 Å². The topological polar surface area (TPSA) is 45.8 Å². The van der Waals surface area contributed by atoms with Gasteiger partial charge in [-0.1, -0.05) is 56.1 Å². The summed E-state index contributed by atoms with van der Waals surface area (Å²) in [6, 6.07) is 15.2. The zero-order chi connectivity index (χ0) is 15.1. The molecule has 21 heavy (non-hydrogen) atoms. The zero-order valence-corrected chi connectivity index (χ0v) is 14.1. The van der Waals surface area contributed by atoms with Crippen LogP contribution in [0.2, 0.25) is 0 Å². The largest absolute Gasteiger partial charge is 0.345 e. The molecule has 2 aromatic carbocycles. The average molecular weight is 408 g/mol. The number of aldehydes is 1. The number of nitrogens with one attached hydrogen (secondary N) is 1. The number of carbonyl (C=O) groups excluding carboxylic acids is 1. The molecule has 3 rings (SSSR count). The highest BCUT2D eigenvalue weighted by atomic mass is 79.9. The second kappa shape index (κ2) is 7.90. The number of H-pyrrole nitrogens is 1. The number of aromatic nitrogens is 2. The van der Waals surface area contributed by atoms with Crippen molar-refractivity contribution >= 4 is 38.1 Å². The van der Waals surface area contributed by atoms with Gasteiger partial charge in [0.25, 0.3) is 0 Å². The summed E-state index contributed by atoms with van der Waals surface area (Å²) in [6.07, 6.45) is 4.39. The van der Waals surface area contributed by atoms with E-state index in [1.54, 1.807) is 18.3 Å². The molecule has 3 nitrogen and oxygen atoms in total. The first-order valence-corrected chi connectivity index (χ1v) is 7.73. The van der Waals surface area contributed by atoms with Gasteiger partial charge >= 0.3 is 0 Å². The maximum atomic E-state index is 10.1. The van der Waals surface area contributed by atoms with E-state index in [1.807, 2.05) is 42.6 Å². The fraction of sp³-hybridized carbons (Fsp3) is 0. The van der Waals surface area contributed by atoms with Crippen LogP contribution in [0, 0.1) is 0 Å². The summed E-state index contributed by atoms with van der Waals surface area (Å²) >= 11 is 6.64. The lowest BCUT2D eigenvalue weighted by Gasteiger charge is -1.95. The van der Waals surface area contributed by atoms with Crippen molar-refractivity contribution < 1.29 is 4.79 Å². The Kier molecular flexibility index (Phi) is 5.90. The quantitative estimate of drug-likeness (QED) is 0.600. The summed E-state index contributed by atoms with van der Waals surface area (Å²) in [5, 5.41) is 0. The molecule has 0 saturated heterocycles. The molecule has 0 aliphatic rings. The van der Waals surface area contributed by atoms with E-state index in [1.165, 1.54) is 0 Å². The van der Waals surface area contributed by atoms with E-state index in [2.05, 4.69) is 41.8 Å². The van der Waals surface area contributed by atoms with Crippen LogP contribution in [0.1, 0.15) is 10.4 Å². The third-order valence-electron chi connectivity index (χ3n) is 2.62. The number of halogens is 2. The molecule has 0 amide bonds. The number of benzene rings is 2. The van der Waals surface area contributed by atoms with Gasteiger partial charge in [0.1, 0.15) is 12.1 Å². The molecule has 0 aliphatic carbocycles. The SMILES string of the molecule is Brc1ccc(-c2ncc[nH]2)cc1.O=Cc1ccc(Br)cc1. The Bertz CT molecular complexity index is 677. The minimum Gasteiger partial charge on any atom is -0.345 e. The molecule has 0 spiro atoms. The van der Waals surface area contributed by atoms with Crippen molar-refractivity contribution in [1.29, 1.82) is 0 Å². The number of hydrogen-bond acceptors (Lipinski definition) is 2. The van der Waals surface area contributed by atoms with Crippen molar-refractivity contribution in [2.24, 2.45) is 0 Å². The second-order valence-electron chi connectivity index (χ2n) is 4.11. The van der Waals surface area contributed by atoms with Crippen LogP contribution < -0.4 is 0 Å². The molecule has 0 saturated carbocycles. The van der Waals surface area contributed by atoms with E-state index < -0.39 is 0 Å². The van der Waals surface area contributed by atoms with E-state index in [-0.39, 0.29) is 0 Å². The van der Waals surface area contributed by atoms with E-state index in [0.29, 0.717) is 5.56 Å². The van der Waals surface area contributed by atoms with Crippen LogP contribution in [0.15, 0.2) is 69.9 Å². The highest BCUT2D eigenvalue weighted by Gasteiger charge is 1.97. The summed E-state index contributed by atoms with van der Waals surface area (Å²) in [7, 11) is 0. The number of aromatic amines is 1. The van der Waals surface area contributed by atoms with Crippen LogP contribution in [-0.2, 0) is 0 Å². The summed E-state index contributed by atoms with van der Waals surface area (Å²) in [4.78, 5) is 17.3. The van der Waals surface area contributed by atoms with Crippen molar-refractivity contribution in [2.75, 3.05) is 0 Å². The number of nitrogens with zero attached hydrogens (tertiary/aromatic N) is 1. The Balaban J connectivity index is 0.000000161. The van der Waals surface area contributed by atoms with Gasteiger partial charge < -0.3 is 4.98 Å². The first-order chi connectivity index (χ1) is 10.2. The van der Waals surface area contributed by atoms with Crippen molar-refractivity contribution in [3.63, 3.8) is 0 Å². The highest BCUT2D eigenvalue weighted by molar-refractivity contribution is 9.10. The van der Waals surface area contributed by atoms with Crippen molar-refractivity contribution in [1.82, 2.24) is 9.97 Å². The molecular formula is C16H12Br2N2O. The van der Waals surface area contributed by atoms with Gasteiger partial charge in [0.15, 0.2) is 0 Å². The van der Waals surface area contributed by atoms with Gasteiger partial charge in [-0.25, -0.2) is 4.98 Å². The standard InChI is InChI=1S/C9H7BrN2.C7H5BrO/c10-8-3-1-7(2-4-8)9-11-5-6-12-9;8-7-3-1-6(5-9)2-4-7/h1-6H,(H,11,12);1-5H. The molecule has 0 radical (unpaired) electrons. The Labute approximate surface area is 139 Å². The Morgan fingerprint density at radius 3 is 1.95 bits per heavy atom. The minimum absolute atomic E-state index is 0.707. The fourth-order valence-electron chi connectivity index (χ4n) is 1.57. The number of hydrogen-bond donors (Lipinski definition) is 1. The Morgan fingerprint density at radius 1 is 0.905 bits per heavy atom. The lowest BCUT2D eigenvalue weighted by atomic mass is 10.2. The lowest BCUT2D eigenvalue weighted by molar-refractivity contribution is 0.112. The fourth-order valence-corrected chi connectivity index (χ4v) is 2.10. The molecule has 1 heterocycles. The molecule has 0 bridgehead atoms. The van der Waals surface area contributed by atoms with Crippen molar-refractivity contribution in [3.8, 4) is 11.4 Å². The lowest BCUT2D eigenvalue weighted by Crippen LogP contribution is -1.78. The third-order valence-corrected chi connectivity index (χ3v) is 3.68. The van der Waals surface area contributed by atoms with Crippen molar-refractivity contribution in [2.45, 2.75) is 0 Å². The van der Waals surface area contributed by atoms with Gasteiger partial charge in [0, 0.05) is 32.5 Å². The van der Waals surface area contributed by atoms with Gasteiger partial charge in [-0.15, -0.1) is 0 Å². The van der Waals surface area contributed by atoms with Crippen LogP contribution in [0.3, 0.4) is 0 Å². The molecule has 0 atom stereocenters. The first-order valence-electron chi connectivity index (χ1n) is 6.15. The summed E-state index contributed by atoms with van der Waals surface area (Å²) < 4.78 is 2.07. The monoisotopic (exact) mass is 406 g/mol. The molecule has 1 aromatic heterocycles. The number of imidazole rings is 1. The summed E-state index contributed by atoms with van der Waals surface area (Å²) in [6.45, 7) is 0. The number of rotatable bonds is 2. The zero-order valence-electron chi connectivity index (χ0n) is 11.0. The minimum atomic E-state index is 0.707. The average Bonchev–Trinajstić information content (AvgIpc) is 3.04. The van der Waals surface area contributed by atoms with Crippen LogP contribution in [0.5, 0.6) is 0 Å². The second-order valence-corrected chi connectivity index (χ2v) is 5.95. The smallest absolute Gasteiger partial charge is 0.150 e. The molecular weight excluding hydrogens is 396 g/mol. The molecule has 0 fully saturated rings. The molecule has 3 aromatic rings. The number of carbonyl (C=O) groups is 1. The van der Waals surface area contributed by atoms with Gasteiger partial charge in [0.2, 0.25) is 0 Å². The summed E-state index contributed by atoms with van der Waals surface area (Å²) in [5.74, 6) is 0.905. The Morgan fingerprint density at radius 2 is 1.48 bits per heavy atom.